The van der Waals surface area contributed by atoms with Crippen LogP contribution >= 0.6 is 0 Å². The Kier molecular flexibility index (Phi) is 5.57. The highest BCUT2D eigenvalue weighted by Crippen LogP contribution is 2.27. The topological polar surface area (TPSA) is 90.6 Å². The molecule has 0 amide bonds. The predicted molar refractivity (Wildman–Crippen MR) is 115 cm³/mol. The molecule has 0 aliphatic carbocycles. The number of nitrogens with zero attached hydrogens (tertiary/aromatic N) is 6. The Labute approximate surface area is 179 Å². The Morgan fingerprint density at radius 2 is 1.90 bits per heavy atom. The normalized spacial score (nSPS) is 11.9. The molecule has 0 aromatic carbocycles. The zero-order valence-corrected chi connectivity index (χ0v) is 17.7. The minimum absolute atomic E-state index is 0.157. The number of aryl methyl sites for hydroxylation is 2. The molecule has 0 aliphatic heterocycles. The van der Waals surface area contributed by atoms with Crippen LogP contribution in [0.15, 0.2) is 49.1 Å². The largest absolute Gasteiger partial charge is 0.479 e. The van der Waals surface area contributed by atoms with Crippen molar-refractivity contribution in [2.24, 2.45) is 0 Å². The number of ether oxygens (including phenoxy) is 1. The van der Waals surface area contributed by atoms with Crippen molar-refractivity contribution in [2.75, 3.05) is 12.4 Å². The van der Waals surface area contributed by atoms with Crippen LogP contribution in [-0.2, 0) is 0 Å². The summed E-state index contributed by atoms with van der Waals surface area (Å²) in [5.74, 6) is 0.723. The first-order valence-corrected chi connectivity index (χ1v) is 9.73. The summed E-state index contributed by atoms with van der Waals surface area (Å²) in [4.78, 5) is 12.9. The minimum Gasteiger partial charge on any atom is -0.479 e. The highest BCUT2D eigenvalue weighted by Gasteiger charge is 2.14. The standard InChI is InChI=1S/C22H22FN7O/c1-13-9-19(28-29-21(13)26-15(3)17-6-5-16(23)10-24-17)18-7-8-20(22(27-18)31-4)30-11-14(2)25-12-30/h5-12,15H,1-4H3,(H,26,29). The second-order valence-electron chi connectivity index (χ2n) is 7.18. The van der Waals surface area contributed by atoms with Crippen molar-refractivity contribution in [3.63, 3.8) is 0 Å². The van der Waals surface area contributed by atoms with Crippen LogP contribution in [0.5, 0.6) is 5.88 Å². The Morgan fingerprint density at radius 1 is 1.06 bits per heavy atom. The van der Waals surface area contributed by atoms with E-state index in [2.05, 4.69) is 30.5 Å². The number of halogens is 1. The third kappa shape index (κ3) is 4.35. The molecule has 1 unspecified atom stereocenters. The number of imidazole rings is 1. The van der Waals surface area contributed by atoms with Crippen LogP contribution in [0.1, 0.15) is 29.9 Å². The van der Waals surface area contributed by atoms with Gasteiger partial charge in [-0.3, -0.25) is 4.98 Å². The molecule has 9 heteroatoms. The second-order valence-corrected chi connectivity index (χ2v) is 7.18. The number of hydrogen-bond acceptors (Lipinski definition) is 7. The van der Waals surface area contributed by atoms with Crippen LogP contribution in [0.4, 0.5) is 10.2 Å². The molecule has 158 valence electrons. The quantitative estimate of drug-likeness (QED) is 0.504. The van der Waals surface area contributed by atoms with E-state index in [4.69, 9.17) is 4.74 Å². The fourth-order valence-corrected chi connectivity index (χ4v) is 3.15. The molecule has 4 aromatic rings. The smallest absolute Gasteiger partial charge is 0.238 e. The van der Waals surface area contributed by atoms with Crippen molar-refractivity contribution in [1.82, 2.24) is 29.7 Å². The van der Waals surface area contributed by atoms with E-state index < -0.39 is 0 Å². The van der Waals surface area contributed by atoms with Gasteiger partial charge in [0.15, 0.2) is 5.82 Å². The molecule has 1 N–H and O–H groups in total. The molecular weight excluding hydrogens is 397 g/mol. The molecule has 4 heterocycles. The molecule has 1 atom stereocenters. The fraction of sp³-hybridized carbons (Fsp3) is 0.227. The van der Waals surface area contributed by atoms with E-state index in [-0.39, 0.29) is 11.9 Å². The van der Waals surface area contributed by atoms with E-state index in [0.29, 0.717) is 28.8 Å². The van der Waals surface area contributed by atoms with Gasteiger partial charge in [0.05, 0.1) is 42.8 Å². The molecule has 4 rings (SSSR count). The number of anilines is 1. The maximum absolute atomic E-state index is 13.1. The van der Waals surface area contributed by atoms with Gasteiger partial charge in [0.1, 0.15) is 17.2 Å². The van der Waals surface area contributed by atoms with Crippen LogP contribution < -0.4 is 10.1 Å². The van der Waals surface area contributed by atoms with Crippen LogP contribution in [0.2, 0.25) is 0 Å². The highest BCUT2D eigenvalue weighted by molar-refractivity contribution is 5.61. The first kappa shape index (κ1) is 20.4. The molecule has 31 heavy (non-hydrogen) atoms. The van der Waals surface area contributed by atoms with Gasteiger partial charge in [-0.1, -0.05) is 0 Å². The van der Waals surface area contributed by atoms with E-state index in [9.17, 15) is 4.39 Å². The van der Waals surface area contributed by atoms with Crippen LogP contribution in [0, 0.1) is 19.7 Å². The van der Waals surface area contributed by atoms with Crippen LogP contribution in [0.3, 0.4) is 0 Å². The number of hydrogen-bond donors (Lipinski definition) is 1. The number of nitrogens with one attached hydrogen (secondary N) is 1. The number of pyridine rings is 2. The zero-order chi connectivity index (χ0) is 22.0. The first-order valence-electron chi connectivity index (χ1n) is 9.73. The summed E-state index contributed by atoms with van der Waals surface area (Å²) in [5.41, 5.74) is 4.57. The van der Waals surface area contributed by atoms with Gasteiger partial charge >= 0.3 is 0 Å². The molecular formula is C22H22FN7O. The Morgan fingerprint density at radius 3 is 2.55 bits per heavy atom. The lowest BCUT2D eigenvalue weighted by molar-refractivity contribution is 0.396. The first-order chi connectivity index (χ1) is 14.9. The molecule has 0 spiro atoms. The summed E-state index contributed by atoms with van der Waals surface area (Å²) in [6.45, 7) is 5.79. The lowest BCUT2D eigenvalue weighted by Crippen LogP contribution is -2.11. The van der Waals surface area contributed by atoms with Gasteiger partial charge in [-0.25, -0.2) is 14.4 Å². The van der Waals surface area contributed by atoms with Crippen molar-refractivity contribution in [3.8, 4) is 23.0 Å². The van der Waals surface area contributed by atoms with E-state index in [1.54, 1.807) is 19.5 Å². The van der Waals surface area contributed by atoms with Crippen molar-refractivity contribution < 1.29 is 9.13 Å². The van der Waals surface area contributed by atoms with Crippen molar-refractivity contribution in [1.29, 1.82) is 0 Å². The Hall–Kier alpha value is -3.88. The van der Waals surface area contributed by atoms with Gasteiger partial charge in [-0.05, 0) is 56.7 Å². The third-order valence-corrected chi connectivity index (χ3v) is 4.82. The SMILES string of the molecule is COc1nc(-c2cc(C)c(NC(C)c3ccc(F)cn3)nn2)ccc1-n1cnc(C)c1. The highest BCUT2D eigenvalue weighted by atomic mass is 19.1. The number of aromatic nitrogens is 6. The van der Waals surface area contributed by atoms with Gasteiger partial charge in [-0.15, -0.1) is 10.2 Å². The maximum atomic E-state index is 13.1. The van der Waals surface area contributed by atoms with Gasteiger partial charge in [0.25, 0.3) is 0 Å². The summed E-state index contributed by atoms with van der Waals surface area (Å²) in [6.07, 6.45) is 4.82. The maximum Gasteiger partial charge on any atom is 0.238 e. The van der Waals surface area contributed by atoms with Crippen LogP contribution in [0.25, 0.3) is 17.1 Å². The summed E-state index contributed by atoms with van der Waals surface area (Å²) < 4.78 is 20.4. The predicted octanol–water partition coefficient (Wildman–Crippen LogP) is 4.06. The summed E-state index contributed by atoms with van der Waals surface area (Å²) in [5, 5.41) is 11.9. The van der Waals surface area contributed by atoms with Gasteiger partial charge in [0.2, 0.25) is 5.88 Å². The molecule has 8 nitrogen and oxygen atoms in total. The van der Waals surface area contributed by atoms with E-state index in [0.717, 1.165) is 16.9 Å². The van der Waals surface area contributed by atoms with Crippen molar-refractivity contribution >= 4 is 5.82 Å². The second kappa shape index (κ2) is 8.47. The summed E-state index contributed by atoms with van der Waals surface area (Å²) in [6, 6.07) is 8.56. The molecule has 4 aromatic heterocycles. The van der Waals surface area contributed by atoms with E-state index >= 15 is 0 Å². The van der Waals surface area contributed by atoms with Gasteiger partial charge in [0, 0.05) is 6.20 Å². The van der Waals surface area contributed by atoms with Crippen molar-refractivity contribution in [3.05, 3.63) is 71.8 Å². The molecule has 0 fully saturated rings. The lowest BCUT2D eigenvalue weighted by atomic mass is 10.1. The van der Waals surface area contributed by atoms with Crippen LogP contribution in [-0.4, -0.2) is 36.8 Å². The average Bonchev–Trinajstić information content (AvgIpc) is 3.21. The lowest BCUT2D eigenvalue weighted by Gasteiger charge is -2.15. The third-order valence-electron chi connectivity index (χ3n) is 4.82. The van der Waals surface area contributed by atoms with Gasteiger partial charge in [-0.2, -0.15) is 0 Å². The van der Waals surface area contributed by atoms with E-state index in [1.165, 1.54) is 12.3 Å². The summed E-state index contributed by atoms with van der Waals surface area (Å²) in [7, 11) is 1.58. The molecule has 0 saturated heterocycles. The fourth-order valence-electron chi connectivity index (χ4n) is 3.15. The monoisotopic (exact) mass is 419 g/mol. The van der Waals surface area contributed by atoms with Crippen molar-refractivity contribution in [2.45, 2.75) is 26.8 Å². The average molecular weight is 419 g/mol. The Balaban J connectivity index is 1.58. The zero-order valence-electron chi connectivity index (χ0n) is 17.7. The Bertz CT molecular complexity index is 1210. The molecule has 0 saturated carbocycles. The summed E-state index contributed by atoms with van der Waals surface area (Å²) >= 11 is 0. The molecule has 0 bridgehead atoms. The van der Waals surface area contributed by atoms with Gasteiger partial charge < -0.3 is 14.6 Å². The number of rotatable bonds is 6. The molecule has 0 radical (unpaired) electrons. The van der Waals surface area contributed by atoms with E-state index in [1.807, 2.05) is 49.7 Å². The molecule has 0 aliphatic rings. The number of methoxy groups -OCH3 is 1. The minimum atomic E-state index is -0.367.